The molecule has 0 saturated heterocycles. The van der Waals surface area contributed by atoms with Crippen LogP contribution in [0.4, 0.5) is 0 Å². The highest BCUT2D eigenvalue weighted by Crippen LogP contribution is 2.25. The van der Waals surface area contributed by atoms with Crippen molar-refractivity contribution in [1.29, 1.82) is 0 Å². The summed E-state index contributed by atoms with van der Waals surface area (Å²) < 4.78 is 10.4. The summed E-state index contributed by atoms with van der Waals surface area (Å²) in [5.41, 5.74) is -1.30. The molecule has 0 aliphatic carbocycles. The van der Waals surface area contributed by atoms with Crippen molar-refractivity contribution in [2.45, 2.75) is 105 Å². The van der Waals surface area contributed by atoms with Crippen molar-refractivity contribution in [3.8, 4) is 0 Å². The molecule has 2 N–H and O–H groups in total. The van der Waals surface area contributed by atoms with E-state index in [1.54, 1.807) is 0 Å². The van der Waals surface area contributed by atoms with Crippen LogP contribution in [-0.2, 0) is 28.7 Å². The Morgan fingerprint density at radius 1 is 0.559 bits per heavy atom. The number of esters is 2. The van der Waals surface area contributed by atoms with Crippen LogP contribution in [0.2, 0.25) is 0 Å². The number of carboxylic acids is 2. The van der Waals surface area contributed by atoms with E-state index in [1.165, 1.54) is 13.8 Å². The topological polar surface area (TPSA) is 127 Å². The van der Waals surface area contributed by atoms with Crippen LogP contribution in [0.1, 0.15) is 105 Å². The van der Waals surface area contributed by atoms with Gasteiger partial charge in [-0.15, -0.1) is 0 Å². The molecule has 0 rings (SSSR count). The third-order valence-electron chi connectivity index (χ3n) is 5.81. The Hall–Kier alpha value is -2.38. The lowest BCUT2D eigenvalue weighted by Gasteiger charge is -2.19. The minimum absolute atomic E-state index is 0.139. The van der Waals surface area contributed by atoms with E-state index in [9.17, 15) is 29.4 Å². The fourth-order valence-corrected chi connectivity index (χ4v) is 3.66. The summed E-state index contributed by atoms with van der Waals surface area (Å²) in [6.45, 7) is 7.09. The molecule has 0 aromatic carbocycles. The maximum atomic E-state index is 12.4. The molecule has 2 unspecified atom stereocenters. The van der Waals surface area contributed by atoms with Crippen LogP contribution in [0.5, 0.6) is 0 Å². The summed E-state index contributed by atoms with van der Waals surface area (Å²) in [5.74, 6) is -7.46. The first kappa shape index (κ1) is 31.6. The molecule has 8 nitrogen and oxygen atoms in total. The van der Waals surface area contributed by atoms with Gasteiger partial charge in [-0.3, -0.25) is 9.59 Å². The smallest absolute Gasteiger partial charge is 0.333 e. The number of rotatable bonds is 20. The first-order valence-electron chi connectivity index (χ1n) is 12.7. The number of ether oxygens (including phenoxy) is 2. The molecule has 0 aliphatic rings. The van der Waals surface area contributed by atoms with Gasteiger partial charge in [0.2, 0.25) is 0 Å². The zero-order valence-electron chi connectivity index (χ0n) is 21.4. The second-order valence-electron chi connectivity index (χ2n) is 8.75. The van der Waals surface area contributed by atoms with E-state index in [2.05, 4.69) is 13.8 Å². The van der Waals surface area contributed by atoms with Crippen LogP contribution in [0.25, 0.3) is 0 Å². The first-order chi connectivity index (χ1) is 16.2. The van der Waals surface area contributed by atoms with Crippen LogP contribution in [0, 0.1) is 11.8 Å². The van der Waals surface area contributed by atoms with Gasteiger partial charge in [0.25, 0.3) is 0 Å². The lowest BCUT2D eigenvalue weighted by Crippen LogP contribution is -2.30. The summed E-state index contributed by atoms with van der Waals surface area (Å²) in [7, 11) is 0. The maximum Gasteiger partial charge on any atom is 0.333 e. The second kappa shape index (κ2) is 19.0. The highest BCUT2D eigenvalue weighted by Gasteiger charge is 2.36. The van der Waals surface area contributed by atoms with Crippen LogP contribution in [-0.4, -0.2) is 47.3 Å². The van der Waals surface area contributed by atoms with Crippen molar-refractivity contribution in [3.63, 3.8) is 0 Å². The average Bonchev–Trinajstić information content (AvgIpc) is 2.79. The standard InChI is InChI=1S/C26H44O8/c1-5-7-9-11-13-15-17-33-25(31)19(3)21(23(27)28)22(24(29)30)20(4)26(32)34-18-16-14-12-10-8-6-2/h19-20H,5-18H2,1-4H3,(H,27,28)(H,29,30)/b22-21+. The lowest BCUT2D eigenvalue weighted by molar-refractivity contribution is -0.151. The van der Waals surface area contributed by atoms with E-state index < -0.39 is 46.9 Å². The molecule has 0 fully saturated rings. The molecule has 8 heteroatoms. The largest absolute Gasteiger partial charge is 0.478 e. The van der Waals surface area contributed by atoms with Crippen molar-refractivity contribution in [3.05, 3.63) is 11.1 Å². The Labute approximate surface area is 204 Å². The van der Waals surface area contributed by atoms with Gasteiger partial charge in [-0.05, 0) is 26.7 Å². The van der Waals surface area contributed by atoms with E-state index in [0.29, 0.717) is 12.8 Å². The van der Waals surface area contributed by atoms with Gasteiger partial charge in [-0.2, -0.15) is 0 Å². The SMILES string of the molecule is CCCCCCCCOC(=O)C(C)/C(C(=O)O)=C(\C(=O)O)C(C)C(=O)OCCCCCCCC. The predicted octanol–water partition coefficient (Wildman–Crippen LogP) is 5.53. The molecule has 0 radical (unpaired) electrons. The van der Waals surface area contributed by atoms with Crippen molar-refractivity contribution < 1.29 is 38.9 Å². The minimum atomic E-state index is -1.57. The highest BCUT2D eigenvalue weighted by atomic mass is 16.5. The van der Waals surface area contributed by atoms with Gasteiger partial charge >= 0.3 is 23.9 Å². The summed E-state index contributed by atoms with van der Waals surface area (Å²) in [6.07, 6.45) is 12.0. The van der Waals surface area contributed by atoms with E-state index in [4.69, 9.17) is 9.47 Å². The zero-order valence-corrected chi connectivity index (χ0v) is 21.4. The van der Waals surface area contributed by atoms with E-state index in [0.717, 1.165) is 64.2 Å². The van der Waals surface area contributed by atoms with Gasteiger partial charge < -0.3 is 19.7 Å². The lowest BCUT2D eigenvalue weighted by atomic mass is 9.88. The maximum absolute atomic E-state index is 12.4. The van der Waals surface area contributed by atoms with Gasteiger partial charge in [-0.25, -0.2) is 9.59 Å². The minimum Gasteiger partial charge on any atom is -0.478 e. The molecule has 0 aliphatic heterocycles. The predicted molar refractivity (Wildman–Crippen MR) is 129 cm³/mol. The molecule has 196 valence electrons. The molecule has 0 aromatic rings. The Balaban J connectivity index is 5.06. The number of aliphatic carboxylic acids is 2. The molecule has 0 amide bonds. The molecule has 0 aromatic heterocycles. The number of carboxylic acid groups (broad SMARTS) is 2. The molecule has 0 bridgehead atoms. The van der Waals surface area contributed by atoms with Gasteiger partial charge in [0, 0.05) is 0 Å². The number of hydrogen-bond acceptors (Lipinski definition) is 6. The third-order valence-corrected chi connectivity index (χ3v) is 5.81. The quantitative estimate of drug-likeness (QED) is 0.131. The molecule has 0 heterocycles. The summed E-state index contributed by atoms with van der Waals surface area (Å²) >= 11 is 0. The van der Waals surface area contributed by atoms with Crippen molar-refractivity contribution in [1.82, 2.24) is 0 Å². The third kappa shape index (κ3) is 12.8. The zero-order chi connectivity index (χ0) is 25.9. The van der Waals surface area contributed by atoms with Crippen LogP contribution < -0.4 is 0 Å². The van der Waals surface area contributed by atoms with Crippen LogP contribution in [0.15, 0.2) is 11.1 Å². The number of unbranched alkanes of at least 4 members (excludes halogenated alkanes) is 10. The van der Waals surface area contributed by atoms with Crippen LogP contribution in [0.3, 0.4) is 0 Å². The van der Waals surface area contributed by atoms with E-state index in [-0.39, 0.29) is 13.2 Å². The van der Waals surface area contributed by atoms with Crippen molar-refractivity contribution >= 4 is 23.9 Å². The monoisotopic (exact) mass is 484 g/mol. The van der Waals surface area contributed by atoms with Gasteiger partial charge in [0.05, 0.1) is 36.2 Å². The summed E-state index contributed by atoms with van der Waals surface area (Å²) in [5, 5.41) is 19.3. The second-order valence-corrected chi connectivity index (χ2v) is 8.75. The Morgan fingerprint density at radius 2 is 0.853 bits per heavy atom. The Kier molecular flexibility index (Phi) is 17.7. The highest BCUT2D eigenvalue weighted by molar-refractivity contribution is 6.05. The van der Waals surface area contributed by atoms with E-state index in [1.807, 2.05) is 0 Å². The molecule has 0 saturated carbocycles. The van der Waals surface area contributed by atoms with Crippen molar-refractivity contribution in [2.24, 2.45) is 11.8 Å². The molecule has 2 atom stereocenters. The molecular weight excluding hydrogens is 440 g/mol. The number of carbonyl (C=O) groups is 4. The molecule has 0 spiro atoms. The number of hydrogen-bond donors (Lipinski definition) is 2. The Bertz CT molecular complexity index is 612. The average molecular weight is 485 g/mol. The summed E-state index contributed by atoms with van der Waals surface area (Å²) in [6, 6.07) is 0. The summed E-state index contributed by atoms with van der Waals surface area (Å²) in [4.78, 5) is 48.7. The Morgan fingerprint density at radius 3 is 1.15 bits per heavy atom. The first-order valence-corrected chi connectivity index (χ1v) is 12.7. The fraction of sp³-hybridized carbons (Fsp3) is 0.769. The molecular formula is C26H44O8. The number of carbonyl (C=O) groups excluding carboxylic acids is 2. The normalized spacial score (nSPS) is 13.5. The van der Waals surface area contributed by atoms with Gasteiger partial charge in [0.1, 0.15) is 0 Å². The van der Waals surface area contributed by atoms with Gasteiger partial charge in [-0.1, -0.05) is 78.1 Å². The van der Waals surface area contributed by atoms with E-state index >= 15 is 0 Å². The van der Waals surface area contributed by atoms with Crippen LogP contribution >= 0.6 is 0 Å². The van der Waals surface area contributed by atoms with Crippen molar-refractivity contribution in [2.75, 3.05) is 13.2 Å². The van der Waals surface area contributed by atoms with Gasteiger partial charge in [0.15, 0.2) is 0 Å². The fourth-order valence-electron chi connectivity index (χ4n) is 3.66. The molecule has 34 heavy (non-hydrogen) atoms.